The Morgan fingerprint density at radius 1 is 1.40 bits per heavy atom. The molecule has 1 aliphatic rings. The Hall–Kier alpha value is -1.20. The molecule has 1 amide bonds. The molecular formula is C14H19ClF2N2O. The number of nitrogens with one attached hydrogen (secondary N) is 1. The Balaban J connectivity index is 0.00000200. The number of carbonyl (C=O) groups is 1. The zero-order chi connectivity index (χ0) is 13.8. The summed E-state index contributed by atoms with van der Waals surface area (Å²) in [4.78, 5) is 13.7. The molecule has 1 aliphatic heterocycles. The van der Waals surface area contributed by atoms with Crippen LogP contribution in [0.2, 0.25) is 0 Å². The van der Waals surface area contributed by atoms with Gasteiger partial charge in [-0.3, -0.25) is 4.79 Å². The van der Waals surface area contributed by atoms with Crippen molar-refractivity contribution in [3.8, 4) is 0 Å². The number of nitrogens with zero attached hydrogens (tertiary/aromatic N) is 1. The minimum Gasteiger partial charge on any atom is -0.341 e. The highest BCUT2D eigenvalue weighted by Crippen LogP contribution is 2.15. The highest BCUT2D eigenvalue weighted by molar-refractivity contribution is 5.85. The van der Waals surface area contributed by atoms with E-state index in [0.717, 1.165) is 31.5 Å². The number of benzene rings is 1. The minimum absolute atomic E-state index is 0. The van der Waals surface area contributed by atoms with Crippen LogP contribution in [-0.4, -0.2) is 30.9 Å². The lowest BCUT2D eigenvalue weighted by atomic mass is 9.98. The number of piperidine rings is 1. The van der Waals surface area contributed by atoms with Gasteiger partial charge < -0.3 is 10.2 Å². The van der Waals surface area contributed by atoms with E-state index in [4.69, 9.17) is 0 Å². The highest BCUT2D eigenvalue weighted by atomic mass is 35.5. The molecule has 1 heterocycles. The number of hydrogen-bond acceptors (Lipinski definition) is 2. The Kier molecular flexibility index (Phi) is 6.36. The van der Waals surface area contributed by atoms with E-state index in [1.807, 2.05) is 0 Å². The SMILES string of the molecule is CN(Cc1ccc(F)c(F)c1)C(=O)[C@@H]1CCCNC1.Cl. The normalized spacial score (nSPS) is 18.2. The summed E-state index contributed by atoms with van der Waals surface area (Å²) in [6.07, 6.45) is 1.88. The van der Waals surface area contributed by atoms with E-state index < -0.39 is 11.6 Å². The number of carbonyl (C=O) groups excluding carboxylic acids is 1. The Bertz CT molecular complexity index is 464. The van der Waals surface area contributed by atoms with Crippen LogP contribution in [0, 0.1) is 17.6 Å². The number of halogens is 3. The monoisotopic (exact) mass is 304 g/mol. The van der Waals surface area contributed by atoms with Crippen molar-refractivity contribution < 1.29 is 13.6 Å². The molecular weight excluding hydrogens is 286 g/mol. The van der Waals surface area contributed by atoms with Crippen molar-refractivity contribution in [3.05, 3.63) is 35.4 Å². The number of amides is 1. The van der Waals surface area contributed by atoms with Crippen molar-refractivity contribution >= 4 is 18.3 Å². The van der Waals surface area contributed by atoms with Crippen LogP contribution >= 0.6 is 12.4 Å². The zero-order valence-corrected chi connectivity index (χ0v) is 12.2. The molecule has 0 saturated carbocycles. The van der Waals surface area contributed by atoms with E-state index in [9.17, 15) is 13.6 Å². The lowest BCUT2D eigenvalue weighted by molar-refractivity contribution is -0.135. The van der Waals surface area contributed by atoms with E-state index in [0.29, 0.717) is 18.7 Å². The summed E-state index contributed by atoms with van der Waals surface area (Å²) in [7, 11) is 1.69. The summed E-state index contributed by atoms with van der Waals surface area (Å²) in [6, 6.07) is 3.73. The fourth-order valence-corrected chi connectivity index (χ4v) is 2.36. The van der Waals surface area contributed by atoms with Crippen molar-refractivity contribution in [2.75, 3.05) is 20.1 Å². The second kappa shape index (κ2) is 7.55. The van der Waals surface area contributed by atoms with Crippen LogP contribution in [0.5, 0.6) is 0 Å². The first-order chi connectivity index (χ1) is 9.08. The predicted octanol–water partition coefficient (Wildman–Crippen LogP) is 2.34. The molecule has 1 fully saturated rings. The van der Waals surface area contributed by atoms with Gasteiger partial charge in [-0.1, -0.05) is 6.07 Å². The van der Waals surface area contributed by atoms with E-state index in [1.54, 1.807) is 11.9 Å². The minimum atomic E-state index is -0.877. The smallest absolute Gasteiger partial charge is 0.227 e. The van der Waals surface area contributed by atoms with Gasteiger partial charge in [0.2, 0.25) is 5.91 Å². The third-order valence-corrected chi connectivity index (χ3v) is 3.43. The maximum absolute atomic E-state index is 13.1. The molecule has 0 aromatic heterocycles. The van der Waals surface area contributed by atoms with Crippen LogP contribution in [0.25, 0.3) is 0 Å². The Morgan fingerprint density at radius 3 is 2.75 bits per heavy atom. The fourth-order valence-electron chi connectivity index (χ4n) is 2.36. The molecule has 1 aromatic carbocycles. The van der Waals surface area contributed by atoms with Gasteiger partial charge >= 0.3 is 0 Å². The third kappa shape index (κ3) is 4.15. The van der Waals surface area contributed by atoms with E-state index in [1.165, 1.54) is 6.07 Å². The molecule has 6 heteroatoms. The molecule has 2 rings (SSSR count). The first-order valence-electron chi connectivity index (χ1n) is 6.47. The second-order valence-corrected chi connectivity index (χ2v) is 4.99. The molecule has 0 spiro atoms. The topological polar surface area (TPSA) is 32.3 Å². The van der Waals surface area contributed by atoms with Crippen LogP contribution in [-0.2, 0) is 11.3 Å². The van der Waals surface area contributed by atoms with Gasteiger partial charge in [0.25, 0.3) is 0 Å². The molecule has 112 valence electrons. The number of rotatable bonds is 3. The van der Waals surface area contributed by atoms with Crippen molar-refractivity contribution in [1.29, 1.82) is 0 Å². The molecule has 20 heavy (non-hydrogen) atoms. The summed E-state index contributed by atoms with van der Waals surface area (Å²) in [5.41, 5.74) is 0.596. The van der Waals surface area contributed by atoms with Crippen molar-refractivity contribution in [3.63, 3.8) is 0 Å². The van der Waals surface area contributed by atoms with Gasteiger partial charge in [-0.15, -0.1) is 12.4 Å². The summed E-state index contributed by atoms with van der Waals surface area (Å²) in [6.45, 7) is 1.95. The van der Waals surface area contributed by atoms with Crippen LogP contribution in [0.3, 0.4) is 0 Å². The van der Waals surface area contributed by atoms with Gasteiger partial charge in [-0.2, -0.15) is 0 Å². The van der Waals surface area contributed by atoms with Gasteiger partial charge in [-0.25, -0.2) is 8.78 Å². The molecule has 0 aliphatic carbocycles. The fraction of sp³-hybridized carbons (Fsp3) is 0.500. The molecule has 0 radical (unpaired) electrons. The summed E-state index contributed by atoms with van der Waals surface area (Å²) in [5, 5.41) is 3.19. The predicted molar refractivity (Wildman–Crippen MR) is 75.7 cm³/mol. The second-order valence-electron chi connectivity index (χ2n) is 4.99. The van der Waals surface area contributed by atoms with Crippen LogP contribution in [0.4, 0.5) is 8.78 Å². The molecule has 1 saturated heterocycles. The number of hydrogen-bond donors (Lipinski definition) is 1. The molecule has 1 atom stereocenters. The Labute approximate surface area is 123 Å². The first-order valence-corrected chi connectivity index (χ1v) is 6.47. The van der Waals surface area contributed by atoms with Gasteiger partial charge in [0.15, 0.2) is 11.6 Å². The lowest BCUT2D eigenvalue weighted by Gasteiger charge is -2.27. The maximum atomic E-state index is 13.1. The standard InChI is InChI=1S/C14H18F2N2O.ClH/c1-18(14(19)11-3-2-6-17-8-11)9-10-4-5-12(15)13(16)7-10;/h4-5,7,11,17H,2-3,6,8-9H2,1H3;1H/t11-;/m1./s1. The van der Waals surface area contributed by atoms with E-state index in [-0.39, 0.29) is 24.2 Å². The van der Waals surface area contributed by atoms with E-state index in [2.05, 4.69) is 5.32 Å². The first kappa shape index (κ1) is 16.9. The van der Waals surface area contributed by atoms with Crippen LogP contribution < -0.4 is 5.32 Å². The molecule has 0 unspecified atom stereocenters. The van der Waals surface area contributed by atoms with Crippen molar-refractivity contribution in [1.82, 2.24) is 10.2 Å². The summed E-state index contributed by atoms with van der Waals surface area (Å²) < 4.78 is 25.9. The van der Waals surface area contributed by atoms with Gasteiger partial charge in [-0.05, 0) is 37.1 Å². The van der Waals surface area contributed by atoms with Crippen LogP contribution in [0.15, 0.2) is 18.2 Å². The average Bonchev–Trinajstić information content (AvgIpc) is 2.43. The largest absolute Gasteiger partial charge is 0.341 e. The quantitative estimate of drug-likeness (QED) is 0.929. The molecule has 1 N–H and O–H groups in total. The molecule has 1 aromatic rings. The summed E-state index contributed by atoms with van der Waals surface area (Å²) >= 11 is 0. The van der Waals surface area contributed by atoms with E-state index >= 15 is 0 Å². The van der Waals surface area contributed by atoms with Gasteiger partial charge in [0.1, 0.15) is 0 Å². The maximum Gasteiger partial charge on any atom is 0.227 e. The third-order valence-electron chi connectivity index (χ3n) is 3.43. The van der Waals surface area contributed by atoms with Crippen LogP contribution in [0.1, 0.15) is 18.4 Å². The zero-order valence-electron chi connectivity index (χ0n) is 11.4. The lowest BCUT2D eigenvalue weighted by Crippen LogP contribution is -2.41. The van der Waals surface area contributed by atoms with Crippen molar-refractivity contribution in [2.24, 2.45) is 5.92 Å². The Morgan fingerprint density at radius 2 is 2.15 bits per heavy atom. The van der Waals surface area contributed by atoms with Gasteiger partial charge in [0.05, 0.1) is 5.92 Å². The molecule has 0 bridgehead atoms. The van der Waals surface area contributed by atoms with Gasteiger partial charge in [0, 0.05) is 20.1 Å². The van der Waals surface area contributed by atoms with Crippen molar-refractivity contribution in [2.45, 2.75) is 19.4 Å². The highest BCUT2D eigenvalue weighted by Gasteiger charge is 2.23. The average molecular weight is 305 g/mol. The molecule has 3 nitrogen and oxygen atoms in total. The summed E-state index contributed by atoms with van der Waals surface area (Å²) in [5.74, 6) is -1.70.